The van der Waals surface area contributed by atoms with Crippen LogP contribution in [0.5, 0.6) is 11.5 Å². The van der Waals surface area contributed by atoms with E-state index >= 15 is 0 Å². The van der Waals surface area contributed by atoms with E-state index in [1.165, 1.54) is 0 Å². The van der Waals surface area contributed by atoms with Crippen LogP contribution in [0.3, 0.4) is 0 Å². The first-order chi connectivity index (χ1) is 10.5. The van der Waals surface area contributed by atoms with Gasteiger partial charge in [-0.15, -0.1) is 0 Å². The van der Waals surface area contributed by atoms with Gasteiger partial charge in [0.25, 0.3) is 0 Å². The molecule has 1 aromatic carbocycles. The number of likely N-dealkylation sites (N-methyl/N-ethyl adjacent to an activating group) is 1. The number of rotatable bonds is 9. The molecule has 5 nitrogen and oxygen atoms in total. The van der Waals surface area contributed by atoms with E-state index in [-0.39, 0.29) is 5.91 Å². The highest BCUT2D eigenvalue weighted by Crippen LogP contribution is 2.27. The molecule has 0 unspecified atom stereocenters. The summed E-state index contributed by atoms with van der Waals surface area (Å²) in [6.07, 6.45) is 1.50. The smallest absolute Gasteiger partial charge is 0.229 e. The maximum Gasteiger partial charge on any atom is 0.229 e. The average Bonchev–Trinajstić information content (AvgIpc) is 2.57. The molecule has 1 aromatic rings. The number of benzene rings is 1. The summed E-state index contributed by atoms with van der Waals surface area (Å²) < 4.78 is 10.8. The maximum atomic E-state index is 12.6. The van der Waals surface area contributed by atoms with Crippen LogP contribution in [-0.2, 0) is 4.79 Å². The Morgan fingerprint density at radius 2 is 1.73 bits per heavy atom. The van der Waals surface area contributed by atoms with Crippen molar-refractivity contribution < 1.29 is 14.3 Å². The molecule has 1 rings (SSSR count). The monoisotopic (exact) mass is 308 g/mol. The van der Waals surface area contributed by atoms with Crippen LogP contribution in [0.4, 0.5) is 0 Å². The molecule has 22 heavy (non-hydrogen) atoms. The Balaban J connectivity index is 2.51. The number of hydrogen-bond donors (Lipinski definition) is 1. The number of nitrogens with zero attached hydrogens (tertiary/aromatic N) is 1. The minimum absolute atomic E-state index is 0.0957. The van der Waals surface area contributed by atoms with Gasteiger partial charge in [-0.05, 0) is 37.1 Å². The van der Waals surface area contributed by atoms with E-state index in [0.29, 0.717) is 19.7 Å². The lowest BCUT2D eigenvalue weighted by atomic mass is 9.81. The standard InChI is InChI=1S/C17H28N2O3/c1-5-17(6-2,13-18)16(20)19(3)11-12-22-15-9-7-14(21-4)8-10-15/h7-10H,5-6,11-13,18H2,1-4H3. The van der Waals surface area contributed by atoms with Crippen molar-refractivity contribution in [3.63, 3.8) is 0 Å². The topological polar surface area (TPSA) is 64.8 Å². The molecule has 0 aliphatic heterocycles. The second-order valence-electron chi connectivity index (χ2n) is 5.44. The van der Waals surface area contributed by atoms with Gasteiger partial charge in [-0.25, -0.2) is 0 Å². The first-order valence-electron chi connectivity index (χ1n) is 7.75. The minimum Gasteiger partial charge on any atom is -0.497 e. The van der Waals surface area contributed by atoms with Crippen molar-refractivity contribution in [1.29, 1.82) is 0 Å². The Labute approximate surface area is 133 Å². The number of methoxy groups -OCH3 is 1. The Morgan fingerprint density at radius 3 is 2.18 bits per heavy atom. The van der Waals surface area contributed by atoms with Gasteiger partial charge in [0.05, 0.1) is 19.1 Å². The maximum absolute atomic E-state index is 12.6. The number of ether oxygens (including phenoxy) is 2. The Morgan fingerprint density at radius 1 is 1.18 bits per heavy atom. The molecule has 124 valence electrons. The fraction of sp³-hybridized carbons (Fsp3) is 0.588. The molecule has 0 fully saturated rings. The summed E-state index contributed by atoms with van der Waals surface area (Å²) >= 11 is 0. The predicted octanol–water partition coefficient (Wildman–Crippen LogP) is 2.30. The molecule has 0 radical (unpaired) electrons. The summed E-state index contributed by atoms with van der Waals surface area (Å²) in [7, 11) is 3.43. The van der Waals surface area contributed by atoms with Crippen LogP contribution in [0.15, 0.2) is 24.3 Å². The summed E-state index contributed by atoms with van der Waals surface area (Å²) in [5.74, 6) is 1.65. The lowest BCUT2D eigenvalue weighted by Crippen LogP contribution is -2.47. The van der Waals surface area contributed by atoms with Crippen molar-refractivity contribution in [2.45, 2.75) is 26.7 Å². The normalized spacial score (nSPS) is 11.1. The summed E-state index contributed by atoms with van der Waals surface area (Å²) in [5, 5.41) is 0. The third-order valence-electron chi connectivity index (χ3n) is 4.30. The second-order valence-corrected chi connectivity index (χ2v) is 5.44. The summed E-state index contributed by atoms with van der Waals surface area (Å²) in [6, 6.07) is 7.39. The van der Waals surface area contributed by atoms with Gasteiger partial charge in [0, 0.05) is 13.6 Å². The van der Waals surface area contributed by atoms with Crippen LogP contribution >= 0.6 is 0 Å². The highest BCUT2D eigenvalue weighted by molar-refractivity contribution is 5.82. The third-order valence-corrected chi connectivity index (χ3v) is 4.30. The van der Waals surface area contributed by atoms with Crippen LogP contribution in [-0.4, -0.2) is 44.7 Å². The van der Waals surface area contributed by atoms with Crippen LogP contribution < -0.4 is 15.2 Å². The van der Waals surface area contributed by atoms with Crippen molar-refractivity contribution in [3.05, 3.63) is 24.3 Å². The Bertz CT molecular complexity index is 447. The summed E-state index contributed by atoms with van der Waals surface area (Å²) in [4.78, 5) is 14.3. The zero-order valence-corrected chi connectivity index (χ0v) is 14.1. The molecule has 0 saturated carbocycles. The molecule has 0 bridgehead atoms. The molecule has 0 atom stereocenters. The highest BCUT2D eigenvalue weighted by atomic mass is 16.5. The van der Waals surface area contributed by atoms with E-state index in [4.69, 9.17) is 15.2 Å². The summed E-state index contributed by atoms with van der Waals surface area (Å²) in [6.45, 7) is 5.38. The lowest BCUT2D eigenvalue weighted by molar-refractivity contribution is -0.141. The number of nitrogens with two attached hydrogens (primary N) is 1. The van der Waals surface area contributed by atoms with E-state index < -0.39 is 5.41 Å². The van der Waals surface area contributed by atoms with Crippen molar-refractivity contribution in [1.82, 2.24) is 4.90 Å². The fourth-order valence-electron chi connectivity index (χ4n) is 2.41. The molecule has 0 heterocycles. The minimum atomic E-state index is -0.450. The lowest BCUT2D eigenvalue weighted by Gasteiger charge is -2.33. The van der Waals surface area contributed by atoms with Crippen LogP contribution in [0.2, 0.25) is 0 Å². The molecule has 1 amide bonds. The zero-order chi connectivity index (χ0) is 16.6. The number of carbonyl (C=O) groups excluding carboxylic acids is 1. The quantitative estimate of drug-likeness (QED) is 0.760. The van der Waals surface area contributed by atoms with Gasteiger partial charge in [-0.2, -0.15) is 0 Å². The van der Waals surface area contributed by atoms with Gasteiger partial charge in [0.2, 0.25) is 5.91 Å². The molecular formula is C17H28N2O3. The highest BCUT2D eigenvalue weighted by Gasteiger charge is 2.35. The molecular weight excluding hydrogens is 280 g/mol. The molecule has 0 aliphatic carbocycles. The van der Waals surface area contributed by atoms with Crippen LogP contribution in [0.25, 0.3) is 0 Å². The zero-order valence-electron chi connectivity index (χ0n) is 14.1. The first kappa shape index (κ1) is 18.3. The molecule has 0 aromatic heterocycles. The van der Waals surface area contributed by atoms with Gasteiger partial charge < -0.3 is 20.1 Å². The van der Waals surface area contributed by atoms with Crippen molar-refractivity contribution in [2.75, 3.05) is 33.9 Å². The van der Waals surface area contributed by atoms with E-state index in [2.05, 4.69) is 0 Å². The fourth-order valence-corrected chi connectivity index (χ4v) is 2.41. The van der Waals surface area contributed by atoms with E-state index in [9.17, 15) is 4.79 Å². The largest absolute Gasteiger partial charge is 0.497 e. The summed E-state index contributed by atoms with van der Waals surface area (Å²) in [5.41, 5.74) is 5.37. The van der Waals surface area contributed by atoms with E-state index in [0.717, 1.165) is 24.3 Å². The van der Waals surface area contributed by atoms with Crippen molar-refractivity contribution >= 4 is 5.91 Å². The van der Waals surface area contributed by atoms with Crippen molar-refractivity contribution in [3.8, 4) is 11.5 Å². The van der Waals surface area contributed by atoms with E-state index in [1.807, 2.05) is 38.1 Å². The third kappa shape index (κ3) is 4.37. The number of amides is 1. The molecule has 0 aliphatic rings. The predicted molar refractivity (Wildman–Crippen MR) is 88.2 cm³/mol. The molecule has 0 spiro atoms. The number of hydrogen-bond acceptors (Lipinski definition) is 4. The van der Waals surface area contributed by atoms with Gasteiger partial charge in [-0.1, -0.05) is 13.8 Å². The number of carbonyl (C=O) groups is 1. The van der Waals surface area contributed by atoms with Gasteiger partial charge in [-0.3, -0.25) is 4.79 Å². The van der Waals surface area contributed by atoms with Gasteiger partial charge in [0.15, 0.2) is 0 Å². The van der Waals surface area contributed by atoms with Crippen molar-refractivity contribution in [2.24, 2.45) is 11.1 Å². The van der Waals surface area contributed by atoms with Gasteiger partial charge >= 0.3 is 0 Å². The van der Waals surface area contributed by atoms with Gasteiger partial charge in [0.1, 0.15) is 18.1 Å². The Kier molecular flexibility index (Phi) is 7.18. The SMILES string of the molecule is CCC(CC)(CN)C(=O)N(C)CCOc1ccc(OC)cc1. The Hall–Kier alpha value is -1.75. The average molecular weight is 308 g/mol. The van der Waals surface area contributed by atoms with Crippen LogP contribution in [0, 0.1) is 5.41 Å². The second kappa shape index (κ2) is 8.63. The molecule has 2 N–H and O–H groups in total. The first-order valence-corrected chi connectivity index (χ1v) is 7.75. The molecule has 5 heteroatoms. The molecule has 0 saturated heterocycles. The van der Waals surface area contributed by atoms with E-state index in [1.54, 1.807) is 19.1 Å². The van der Waals surface area contributed by atoms with Crippen LogP contribution in [0.1, 0.15) is 26.7 Å².